The molecule has 21 heavy (non-hydrogen) atoms. The van der Waals surface area contributed by atoms with Crippen LogP contribution in [0.4, 0.5) is 4.39 Å². The Balaban J connectivity index is 2.58. The Morgan fingerprint density at radius 3 is 2.57 bits per heavy atom. The van der Waals surface area contributed by atoms with Crippen LogP contribution in [0.25, 0.3) is 0 Å². The van der Waals surface area contributed by atoms with Gasteiger partial charge in [0.1, 0.15) is 5.82 Å². The van der Waals surface area contributed by atoms with Gasteiger partial charge in [0.05, 0.1) is 6.04 Å². The van der Waals surface area contributed by atoms with E-state index in [0.29, 0.717) is 15.6 Å². The van der Waals surface area contributed by atoms with Crippen molar-refractivity contribution in [3.8, 4) is 0 Å². The van der Waals surface area contributed by atoms with Crippen LogP contribution in [0.2, 0.25) is 10.0 Å². The fourth-order valence-electron chi connectivity index (χ4n) is 2.23. The van der Waals surface area contributed by atoms with E-state index in [2.05, 4.69) is 27.9 Å². The molecule has 1 unspecified atom stereocenters. The van der Waals surface area contributed by atoms with Crippen LogP contribution in [0.3, 0.4) is 0 Å². The molecule has 0 spiro atoms. The summed E-state index contributed by atoms with van der Waals surface area (Å²) in [6.07, 6.45) is 0. The minimum absolute atomic E-state index is 0.118. The molecule has 2 aromatic carbocycles. The molecule has 0 saturated carbocycles. The normalized spacial score (nSPS) is 12.5. The Morgan fingerprint density at radius 2 is 1.90 bits per heavy atom. The molecular formula is C16H15Cl2FIN. The van der Waals surface area contributed by atoms with E-state index in [0.717, 1.165) is 21.2 Å². The second-order valence-corrected chi connectivity index (χ2v) is 6.79. The molecule has 1 atom stereocenters. The minimum Gasteiger partial charge on any atom is -0.306 e. The van der Waals surface area contributed by atoms with Crippen molar-refractivity contribution in [1.82, 2.24) is 5.32 Å². The number of nitrogens with one attached hydrogen (secondary N) is 1. The molecule has 0 aliphatic rings. The third kappa shape index (κ3) is 3.89. The van der Waals surface area contributed by atoms with Crippen LogP contribution in [-0.2, 0) is 0 Å². The summed E-state index contributed by atoms with van der Waals surface area (Å²) in [6.45, 7) is 4.52. The van der Waals surface area contributed by atoms with Crippen molar-refractivity contribution in [1.29, 1.82) is 0 Å². The topological polar surface area (TPSA) is 12.0 Å². The number of aryl methyl sites for hydroxylation is 1. The number of hydrogen-bond acceptors (Lipinski definition) is 1. The lowest BCUT2D eigenvalue weighted by molar-refractivity contribution is 0.606. The Morgan fingerprint density at radius 1 is 1.19 bits per heavy atom. The molecule has 0 aliphatic carbocycles. The molecule has 0 fully saturated rings. The Kier molecular flexibility index (Phi) is 5.88. The number of hydrogen-bond donors (Lipinski definition) is 1. The maximum absolute atomic E-state index is 13.6. The van der Waals surface area contributed by atoms with Crippen LogP contribution in [0.15, 0.2) is 30.3 Å². The lowest BCUT2D eigenvalue weighted by Crippen LogP contribution is -2.23. The lowest BCUT2D eigenvalue weighted by Gasteiger charge is -2.22. The second-order valence-electron chi connectivity index (χ2n) is 4.78. The average molecular weight is 438 g/mol. The maximum Gasteiger partial charge on any atom is 0.127 e. The van der Waals surface area contributed by atoms with Gasteiger partial charge in [-0.15, -0.1) is 0 Å². The highest BCUT2D eigenvalue weighted by molar-refractivity contribution is 14.1. The predicted octanol–water partition coefficient (Wildman–Crippen LogP) is 5.74. The standard InChI is InChI=1S/C16H15Cl2FIN/c1-3-21-16(12-7-10(17)4-5-15(12)20)11-6-9(2)14(19)8-13(11)18/h4-8,16,21H,3H2,1-2H3. The van der Waals surface area contributed by atoms with E-state index in [-0.39, 0.29) is 11.9 Å². The predicted molar refractivity (Wildman–Crippen MR) is 95.8 cm³/mol. The summed E-state index contributed by atoms with van der Waals surface area (Å²) in [4.78, 5) is 0. The molecule has 0 saturated heterocycles. The van der Waals surface area contributed by atoms with Gasteiger partial charge in [-0.3, -0.25) is 0 Å². The quantitative estimate of drug-likeness (QED) is 0.601. The molecule has 0 aliphatic heterocycles. The zero-order valence-electron chi connectivity index (χ0n) is 11.7. The molecule has 1 N–H and O–H groups in total. The highest BCUT2D eigenvalue weighted by atomic mass is 127. The van der Waals surface area contributed by atoms with Crippen LogP contribution in [0.1, 0.15) is 29.7 Å². The fraction of sp³-hybridized carbons (Fsp3) is 0.250. The highest BCUT2D eigenvalue weighted by Gasteiger charge is 2.20. The van der Waals surface area contributed by atoms with Crippen molar-refractivity contribution in [3.05, 3.63) is 66.5 Å². The molecule has 1 nitrogen and oxygen atoms in total. The molecular weight excluding hydrogens is 423 g/mol. The molecule has 112 valence electrons. The first-order valence-electron chi connectivity index (χ1n) is 6.58. The summed E-state index contributed by atoms with van der Waals surface area (Å²) in [7, 11) is 0. The first-order valence-corrected chi connectivity index (χ1v) is 8.41. The molecule has 0 heterocycles. The summed E-state index contributed by atoms with van der Waals surface area (Å²) in [6, 6.07) is 8.79. The number of halogens is 4. The van der Waals surface area contributed by atoms with Crippen molar-refractivity contribution in [2.75, 3.05) is 6.54 Å². The fourth-order valence-corrected chi connectivity index (χ4v) is 3.32. The molecule has 2 rings (SSSR count). The van der Waals surface area contributed by atoms with Crippen LogP contribution in [-0.4, -0.2) is 6.54 Å². The van der Waals surface area contributed by atoms with Crippen LogP contribution in [0.5, 0.6) is 0 Å². The largest absolute Gasteiger partial charge is 0.306 e. The van der Waals surface area contributed by atoms with E-state index in [4.69, 9.17) is 23.2 Å². The first kappa shape index (κ1) is 17.0. The molecule has 0 bridgehead atoms. The minimum atomic E-state index is -0.292. The van der Waals surface area contributed by atoms with E-state index in [1.807, 2.05) is 25.1 Å². The van der Waals surface area contributed by atoms with Gasteiger partial charge >= 0.3 is 0 Å². The van der Waals surface area contributed by atoms with E-state index < -0.39 is 0 Å². The number of benzene rings is 2. The van der Waals surface area contributed by atoms with Gasteiger partial charge in [0.15, 0.2) is 0 Å². The molecule has 0 aromatic heterocycles. The SMILES string of the molecule is CCNC(c1cc(C)c(F)cc1Cl)c1cc(Cl)ccc1I. The van der Waals surface area contributed by atoms with E-state index >= 15 is 0 Å². The lowest BCUT2D eigenvalue weighted by atomic mass is 9.97. The van der Waals surface area contributed by atoms with E-state index in [1.165, 1.54) is 6.07 Å². The molecule has 5 heteroatoms. The summed E-state index contributed by atoms with van der Waals surface area (Å²) < 4.78 is 14.7. The second kappa shape index (κ2) is 7.27. The van der Waals surface area contributed by atoms with Crippen molar-refractivity contribution < 1.29 is 4.39 Å². The average Bonchev–Trinajstić information content (AvgIpc) is 2.43. The molecule has 2 aromatic rings. The van der Waals surface area contributed by atoms with Crippen LogP contribution in [0, 0.1) is 16.3 Å². The van der Waals surface area contributed by atoms with Gasteiger partial charge in [-0.2, -0.15) is 0 Å². The monoisotopic (exact) mass is 437 g/mol. The smallest absolute Gasteiger partial charge is 0.127 e. The van der Waals surface area contributed by atoms with Crippen LogP contribution < -0.4 is 5.32 Å². The zero-order valence-corrected chi connectivity index (χ0v) is 15.4. The van der Waals surface area contributed by atoms with Gasteiger partial charge in [-0.05, 0) is 83.1 Å². The molecule has 0 radical (unpaired) electrons. The van der Waals surface area contributed by atoms with Gasteiger partial charge < -0.3 is 5.32 Å². The van der Waals surface area contributed by atoms with Gasteiger partial charge in [0.25, 0.3) is 0 Å². The zero-order chi connectivity index (χ0) is 15.6. The highest BCUT2D eigenvalue weighted by Crippen LogP contribution is 2.33. The first-order chi connectivity index (χ1) is 9.93. The van der Waals surface area contributed by atoms with Crippen molar-refractivity contribution in [2.45, 2.75) is 19.9 Å². The van der Waals surface area contributed by atoms with Crippen molar-refractivity contribution >= 4 is 45.8 Å². The van der Waals surface area contributed by atoms with E-state index in [9.17, 15) is 4.39 Å². The third-order valence-electron chi connectivity index (χ3n) is 3.27. The van der Waals surface area contributed by atoms with Gasteiger partial charge in [-0.25, -0.2) is 4.39 Å². The summed E-state index contributed by atoms with van der Waals surface area (Å²) in [5.41, 5.74) is 2.48. The maximum atomic E-state index is 13.6. The Bertz CT molecular complexity index is 661. The van der Waals surface area contributed by atoms with Gasteiger partial charge in [0, 0.05) is 13.6 Å². The number of rotatable bonds is 4. The summed E-state index contributed by atoms with van der Waals surface area (Å²) in [5.74, 6) is -0.292. The van der Waals surface area contributed by atoms with Gasteiger partial charge in [0.2, 0.25) is 0 Å². The van der Waals surface area contributed by atoms with Crippen molar-refractivity contribution in [3.63, 3.8) is 0 Å². The van der Waals surface area contributed by atoms with Crippen LogP contribution >= 0.6 is 45.8 Å². The molecule has 0 amide bonds. The summed E-state index contributed by atoms with van der Waals surface area (Å²) >= 11 is 14.6. The summed E-state index contributed by atoms with van der Waals surface area (Å²) in [5, 5.41) is 4.49. The van der Waals surface area contributed by atoms with E-state index in [1.54, 1.807) is 13.0 Å². The Hall–Kier alpha value is -0.360. The third-order valence-corrected chi connectivity index (χ3v) is 4.81. The van der Waals surface area contributed by atoms with Crippen molar-refractivity contribution in [2.24, 2.45) is 0 Å². The Labute approximate surface area is 148 Å². The van der Waals surface area contributed by atoms with Gasteiger partial charge in [-0.1, -0.05) is 30.1 Å².